The molecule has 3 heteroatoms. The van der Waals surface area contributed by atoms with Gasteiger partial charge >= 0.3 is 0 Å². The Morgan fingerprint density at radius 1 is 1.45 bits per heavy atom. The van der Waals surface area contributed by atoms with E-state index < -0.39 is 0 Å². The molecular weight excluding hydrogens is 158 g/mol. The van der Waals surface area contributed by atoms with E-state index in [9.17, 15) is 0 Å². The van der Waals surface area contributed by atoms with Crippen LogP contribution in [0.3, 0.4) is 0 Å². The minimum atomic E-state index is 0.335. The summed E-state index contributed by atoms with van der Waals surface area (Å²) in [6, 6.07) is 0. The van der Waals surface area contributed by atoms with Crippen LogP contribution in [0.1, 0.15) is 19.8 Å². The summed E-state index contributed by atoms with van der Waals surface area (Å²) < 4.78 is 5.30. The number of nitrogens with one attached hydrogen (secondary N) is 1. The highest BCUT2D eigenvalue weighted by Crippen LogP contribution is 2.19. The van der Waals surface area contributed by atoms with Crippen molar-refractivity contribution in [2.24, 2.45) is 0 Å². The molecule has 1 rings (SSSR count). The summed E-state index contributed by atoms with van der Waals surface area (Å²) in [5.74, 6) is 1.05. The number of ether oxygens (including phenoxy) is 1. The van der Waals surface area contributed by atoms with E-state index in [0.29, 0.717) is 5.54 Å². The van der Waals surface area contributed by atoms with Gasteiger partial charge in [0.25, 0.3) is 0 Å². The summed E-state index contributed by atoms with van der Waals surface area (Å²) >= 11 is 1.84. The third-order valence-electron chi connectivity index (χ3n) is 2.24. The van der Waals surface area contributed by atoms with E-state index in [-0.39, 0.29) is 0 Å². The van der Waals surface area contributed by atoms with Gasteiger partial charge in [-0.05, 0) is 26.0 Å². The predicted octanol–water partition coefficient (Wildman–Crippen LogP) is 1.47. The van der Waals surface area contributed by atoms with E-state index in [2.05, 4.69) is 18.5 Å². The van der Waals surface area contributed by atoms with Crippen LogP contribution in [0.15, 0.2) is 0 Å². The van der Waals surface area contributed by atoms with Gasteiger partial charge in [0.05, 0.1) is 0 Å². The second kappa shape index (κ2) is 4.33. The maximum atomic E-state index is 5.30. The van der Waals surface area contributed by atoms with Crippen molar-refractivity contribution in [2.75, 3.05) is 25.3 Å². The molecule has 0 amide bonds. The first-order chi connectivity index (χ1) is 5.27. The van der Waals surface area contributed by atoms with Crippen molar-refractivity contribution in [1.29, 1.82) is 0 Å². The predicted molar refractivity (Wildman–Crippen MR) is 50.0 cm³/mol. The minimum Gasteiger partial charge on any atom is -0.381 e. The van der Waals surface area contributed by atoms with Crippen LogP contribution in [0.5, 0.6) is 0 Å². The minimum absolute atomic E-state index is 0.335. The molecule has 0 unspecified atom stereocenters. The maximum Gasteiger partial charge on any atom is 0.0483 e. The van der Waals surface area contributed by atoms with Gasteiger partial charge in [-0.2, -0.15) is 0 Å². The van der Waals surface area contributed by atoms with Crippen LogP contribution in [-0.4, -0.2) is 30.9 Å². The van der Waals surface area contributed by atoms with Crippen molar-refractivity contribution >= 4 is 11.8 Å². The van der Waals surface area contributed by atoms with Gasteiger partial charge in [0.2, 0.25) is 0 Å². The molecule has 0 spiro atoms. The summed E-state index contributed by atoms with van der Waals surface area (Å²) in [5, 5.41) is 3.53. The Morgan fingerprint density at radius 3 is 2.64 bits per heavy atom. The van der Waals surface area contributed by atoms with Crippen molar-refractivity contribution in [3.8, 4) is 0 Å². The lowest BCUT2D eigenvalue weighted by Crippen LogP contribution is -2.46. The molecule has 2 nitrogen and oxygen atoms in total. The van der Waals surface area contributed by atoms with Crippen LogP contribution in [-0.2, 0) is 4.74 Å². The lowest BCUT2D eigenvalue weighted by molar-refractivity contribution is 0.0476. The monoisotopic (exact) mass is 175 g/mol. The summed E-state index contributed by atoms with van der Waals surface area (Å²) in [7, 11) is 0. The smallest absolute Gasteiger partial charge is 0.0483 e. The van der Waals surface area contributed by atoms with Gasteiger partial charge in [0, 0.05) is 24.6 Å². The Balaban J connectivity index is 2.25. The number of hydrogen-bond acceptors (Lipinski definition) is 3. The lowest BCUT2D eigenvalue weighted by Gasteiger charge is -2.34. The first-order valence-corrected chi connectivity index (χ1v) is 5.48. The van der Waals surface area contributed by atoms with Gasteiger partial charge in [-0.1, -0.05) is 0 Å². The third kappa shape index (κ3) is 3.01. The summed E-state index contributed by atoms with van der Waals surface area (Å²) in [5.41, 5.74) is 0.335. The molecule has 0 atom stereocenters. The molecule has 0 aromatic heterocycles. The largest absolute Gasteiger partial charge is 0.381 e. The van der Waals surface area contributed by atoms with E-state index in [1.165, 1.54) is 0 Å². The van der Waals surface area contributed by atoms with Crippen LogP contribution >= 0.6 is 11.8 Å². The zero-order valence-electron chi connectivity index (χ0n) is 7.35. The van der Waals surface area contributed by atoms with Crippen molar-refractivity contribution in [1.82, 2.24) is 5.32 Å². The highest BCUT2D eigenvalue weighted by molar-refractivity contribution is 7.98. The number of hydrogen-bond donors (Lipinski definition) is 1. The second-order valence-corrected chi connectivity index (χ2v) is 4.15. The molecule has 0 aromatic rings. The average molecular weight is 175 g/mol. The van der Waals surface area contributed by atoms with Gasteiger partial charge in [-0.3, -0.25) is 0 Å². The molecule has 0 bridgehead atoms. The zero-order valence-corrected chi connectivity index (χ0v) is 8.17. The molecule has 66 valence electrons. The highest BCUT2D eigenvalue weighted by Gasteiger charge is 2.25. The topological polar surface area (TPSA) is 21.3 Å². The molecule has 1 fully saturated rings. The average Bonchev–Trinajstić information content (AvgIpc) is 2.03. The quantitative estimate of drug-likeness (QED) is 0.656. The van der Waals surface area contributed by atoms with Crippen LogP contribution in [0.25, 0.3) is 0 Å². The van der Waals surface area contributed by atoms with Gasteiger partial charge in [0.15, 0.2) is 0 Å². The first kappa shape index (κ1) is 9.36. The number of thioether (sulfide) groups is 1. The molecule has 0 radical (unpaired) electrons. The molecule has 0 aliphatic carbocycles. The lowest BCUT2D eigenvalue weighted by atomic mass is 9.93. The normalized spacial score (nSPS) is 23.5. The zero-order chi connectivity index (χ0) is 8.16. The molecule has 1 heterocycles. The standard InChI is InChI=1S/C8H17NOS/c1-8(9-7-11-2)3-5-10-6-4-8/h9H,3-7H2,1-2H3. The third-order valence-corrected chi connectivity index (χ3v) is 2.67. The Bertz CT molecular complexity index is 113. The van der Waals surface area contributed by atoms with Gasteiger partial charge in [-0.15, -0.1) is 11.8 Å². The van der Waals surface area contributed by atoms with E-state index in [4.69, 9.17) is 4.74 Å². The van der Waals surface area contributed by atoms with Crippen molar-refractivity contribution < 1.29 is 4.74 Å². The fraction of sp³-hybridized carbons (Fsp3) is 1.00. The molecule has 1 saturated heterocycles. The van der Waals surface area contributed by atoms with Crippen molar-refractivity contribution in [3.05, 3.63) is 0 Å². The van der Waals surface area contributed by atoms with Gasteiger partial charge in [0.1, 0.15) is 0 Å². The Morgan fingerprint density at radius 2 is 2.09 bits per heavy atom. The van der Waals surface area contributed by atoms with Gasteiger partial charge in [-0.25, -0.2) is 0 Å². The summed E-state index contributed by atoms with van der Waals surface area (Å²) in [6.45, 7) is 4.11. The van der Waals surface area contributed by atoms with Crippen LogP contribution in [0.2, 0.25) is 0 Å². The van der Waals surface area contributed by atoms with Crippen LogP contribution in [0.4, 0.5) is 0 Å². The van der Waals surface area contributed by atoms with E-state index in [1.807, 2.05) is 11.8 Å². The Kier molecular flexibility index (Phi) is 3.69. The first-order valence-electron chi connectivity index (χ1n) is 4.08. The SMILES string of the molecule is CSCNC1(C)CCOCC1. The van der Waals surface area contributed by atoms with Crippen LogP contribution in [0, 0.1) is 0 Å². The van der Waals surface area contributed by atoms with Crippen molar-refractivity contribution in [3.63, 3.8) is 0 Å². The Hall–Kier alpha value is 0.270. The molecule has 0 saturated carbocycles. The summed E-state index contributed by atoms with van der Waals surface area (Å²) in [4.78, 5) is 0. The van der Waals surface area contributed by atoms with Crippen LogP contribution < -0.4 is 5.32 Å². The fourth-order valence-electron chi connectivity index (χ4n) is 1.25. The maximum absolute atomic E-state index is 5.30. The molecule has 0 aromatic carbocycles. The highest BCUT2D eigenvalue weighted by atomic mass is 32.2. The molecule has 1 aliphatic rings. The molecule has 1 N–H and O–H groups in total. The Labute approximate surface area is 73.1 Å². The molecular formula is C8H17NOS. The summed E-state index contributed by atoms with van der Waals surface area (Å²) in [6.07, 6.45) is 4.41. The van der Waals surface area contributed by atoms with E-state index >= 15 is 0 Å². The van der Waals surface area contributed by atoms with E-state index in [0.717, 1.165) is 31.9 Å². The van der Waals surface area contributed by atoms with Crippen molar-refractivity contribution in [2.45, 2.75) is 25.3 Å². The number of rotatable bonds is 3. The van der Waals surface area contributed by atoms with E-state index in [1.54, 1.807) is 0 Å². The second-order valence-electron chi connectivity index (χ2n) is 3.28. The fourth-order valence-corrected chi connectivity index (χ4v) is 1.74. The molecule has 11 heavy (non-hydrogen) atoms. The van der Waals surface area contributed by atoms with Gasteiger partial charge < -0.3 is 10.1 Å². The molecule has 1 aliphatic heterocycles.